The van der Waals surface area contributed by atoms with Crippen molar-refractivity contribution in [3.05, 3.63) is 29.8 Å². The zero-order valence-corrected chi connectivity index (χ0v) is 15.2. The second-order valence-corrected chi connectivity index (χ2v) is 8.08. The Morgan fingerprint density at radius 3 is 2.33 bits per heavy atom. The molecule has 1 saturated heterocycles. The van der Waals surface area contributed by atoms with E-state index in [9.17, 15) is 13.2 Å². The predicted octanol–water partition coefficient (Wildman–Crippen LogP) is 1.51. The largest absolute Gasteiger partial charge is 0.497 e. The molecule has 0 saturated carbocycles. The summed E-state index contributed by atoms with van der Waals surface area (Å²) in [4.78, 5) is 13.9. The summed E-state index contributed by atoms with van der Waals surface area (Å²) in [5, 5.41) is 0. The Hall–Kier alpha value is -1.60. The van der Waals surface area contributed by atoms with Crippen LogP contribution in [-0.2, 0) is 21.2 Å². The highest BCUT2D eigenvalue weighted by Gasteiger charge is 2.21. The van der Waals surface area contributed by atoms with E-state index in [1.807, 2.05) is 29.2 Å². The van der Waals surface area contributed by atoms with Crippen LogP contribution in [0.1, 0.15) is 24.8 Å². The Bertz CT molecular complexity index is 637. The molecule has 0 unspecified atom stereocenters. The maximum absolute atomic E-state index is 12.1. The van der Waals surface area contributed by atoms with Crippen molar-refractivity contribution in [2.45, 2.75) is 25.7 Å². The number of hydrogen-bond donors (Lipinski definition) is 0. The molecular weight excluding hydrogens is 328 g/mol. The molecule has 1 aliphatic rings. The van der Waals surface area contributed by atoms with Crippen LogP contribution in [0.25, 0.3) is 0 Å². The number of likely N-dealkylation sites (tertiary alicyclic amines) is 1. The van der Waals surface area contributed by atoms with Crippen LogP contribution < -0.4 is 4.74 Å². The number of ether oxygens (including phenoxy) is 1. The Morgan fingerprint density at radius 1 is 1.17 bits per heavy atom. The minimum Gasteiger partial charge on any atom is -0.497 e. The first-order valence-electron chi connectivity index (χ1n) is 8.26. The van der Waals surface area contributed by atoms with Crippen molar-refractivity contribution in [1.29, 1.82) is 0 Å². The molecule has 1 amide bonds. The molecule has 0 aromatic heterocycles. The van der Waals surface area contributed by atoms with E-state index in [0.717, 1.165) is 37.2 Å². The molecule has 1 aliphatic heterocycles. The monoisotopic (exact) mass is 354 g/mol. The Labute approximate surface area is 144 Å². The maximum atomic E-state index is 12.1. The molecule has 0 atom stereocenters. The number of rotatable bonds is 8. The quantitative estimate of drug-likeness (QED) is 0.710. The minimum absolute atomic E-state index is 0.0468. The fraction of sp³-hybridized carbons (Fsp3) is 0.588. The number of hydrogen-bond acceptors (Lipinski definition) is 4. The lowest BCUT2D eigenvalue weighted by molar-refractivity contribution is -0.130. The summed E-state index contributed by atoms with van der Waals surface area (Å²) in [5.41, 5.74) is 1.04. The van der Waals surface area contributed by atoms with Crippen molar-refractivity contribution in [2.75, 3.05) is 39.5 Å². The lowest BCUT2D eigenvalue weighted by atomic mass is 10.1. The molecule has 24 heavy (non-hydrogen) atoms. The minimum atomic E-state index is -3.33. The Morgan fingerprint density at radius 2 is 1.79 bits per heavy atom. The third-order valence-electron chi connectivity index (χ3n) is 4.31. The topological polar surface area (TPSA) is 66.9 Å². The molecular formula is C17H26N2O4S. The number of benzene rings is 1. The smallest absolute Gasteiger partial charge is 0.223 e. The summed E-state index contributed by atoms with van der Waals surface area (Å²) in [6.45, 7) is 2.20. The van der Waals surface area contributed by atoms with E-state index < -0.39 is 10.0 Å². The number of sulfonamides is 1. The number of carbonyl (C=O) groups excluding carboxylic acids is 1. The van der Waals surface area contributed by atoms with Gasteiger partial charge < -0.3 is 9.64 Å². The highest BCUT2D eigenvalue weighted by molar-refractivity contribution is 7.88. The summed E-state index contributed by atoms with van der Waals surface area (Å²) in [6.07, 6.45) is 4.13. The molecule has 7 heteroatoms. The van der Waals surface area contributed by atoms with Gasteiger partial charge in [-0.05, 0) is 37.0 Å². The van der Waals surface area contributed by atoms with Crippen molar-refractivity contribution in [2.24, 2.45) is 0 Å². The summed E-state index contributed by atoms with van der Waals surface area (Å²) in [5.74, 6) is 0.820. The van der Waals surface area contributed by atoms with Gasteiger partial charge in [0.15, 0.2) is 0 Å². The fourth-order valence-electron chi connectivity index (χ4n) is 2.83. The van der Waals surface area contributed by atoms with Gasteiger partial charge in [-0.25, -0.2) is 12.7 Å². The molecule has 1 aromatic carbocycles. The lowest BCUT2D eigenvalue weighted by Crippen LogP contribution is -2.36. The Balaban J connectivity index is 1.89. The van der Waals surface area contributed by atoms with Crippen molar-refractivity contribution in [1.82, 2.24) is 9.21 Å². The van der Waals surface area contributed by atoms with Crippen LogP contribution in [-0.4, -0.2) is 63.1 Å². The van der Waals surface area contributed by atoms with E-state index >= 15 is 0 Å². The van der Waals surface area contributed by atoms with Crippen molar-refractivity contribution in [3.63, 3.8) is 0 Å². The van der Waals surface area contributed by atoms with Crippen LogP contribution in [0.3, 0.4) is 0 Å². The van der Waals surface area contributed by atoms with E-state index in [1.54, 1.807) is 7.11 Å². The number of nitrogens with zero attached hydrogens (tertiary/aromatic N) is 2. The van der Waals surface area contributed by atoms with Gasteiger partial charge in [-0.3, -0.25) is 4.79 Å². The van der Waals surface area contributed by atoms with Gasteiger partial charge in [0.2, 0.25) is 15.9 Å². The van der Waals surface area contributed by atoms with Crippen molar-refractivity contribution in [3.8, 4) is 5.75 Å². The first kappa shape index (κ1) is 18.7. The van der Waals surface area contributed by atoms with Crippen LogP contribution in [0, 0.1) is 0 Å². The van der Waals surface area contributed by atoms with Crippen LogP contribution in [0.2, 0.25) is 0 Å². The summed E-state index contributed by atoms with van der Waals surface area (Å²) in [7, 11) is -1.72. The van der Waals surface area contributed by atoms with E-state index in [0.29, 0.717) is 13.0 Å². The molecule has 6 nitrogen and oxygen atoms in total. The highest BCUT2D eigenvalue weighted by atomic mass is 32.2. The molecule has 0 aliphatic carbocycles. The molecule has 0 spiro atoms. The molecule has 0 N–H and O–H groups in total. The summed E-state index contributed by atoms with van der Waals surface area (Å²) in [6, 6.07) is 7.57. The van der Waals surface area contributed by atoms with Crippen molar-refractivity contribution < 1.29 is 17.9 Å². The fourth-order valence-corrected chi connectivity index (χ4v) is 3.68. The zero-order chi connectivity index (χ0) is 17.6. The maximum Gasteiger partial charge on any atom is 0.223 e. The molecule has 0 bridgehead atoms. The number of amides is 1. The van der Waals surface area contributed by atoms with Gasteiger partial charge in [-0.2, -0.15) is 0 Å². The molecule has 1 fully saturated rings. The molecule has 1 heterocycles. The van der Waals surface area contributed by atoms with E-state index in [1.165, 1.54) is 10.6 Å². The average molecular weight is 354 g/mol. The third kappa shape index (κ3) is 5.49. The molecule has 1 aromatic rings. The van der Waals surface area contributed by atoms with Gasteiger partial charge in [-0.1, -0.05) is 12.1 Å². The van der Waals surface area contributed by atoms with E-state index in [2.05, 4.69) is 0 Å². The standard InChI is InChI=1S/C17H26N2O4S/c1-23-16-7-5-15(6-8-16)9-13-19(24(2,21)22)14-10-17(20)18-11-3-4-12-18/h5-8H,3-4,9-14H2,1-2H3. The van der Waals surface area contributed by atoms with E-state index in [-0.39, 0.29) is 18.9 Å². The molecule has 2 rings (SSSR count). The van der Waals surface area contributed by atoms with Crippen molar-refractivity contribution >= 4 is 15.9 Å². The SMILES string of the molecule is COc1ccc(CCN(CCC(=O)N2CCCC2)S(C)(=O)=O)cc1. The van der Waals surface area contributed by atoms with Crippen LogP contribution in [0.15, 0.2) is 24.3 Å². The first-order valence-corrected chi connectivity index (χ1v) is 10.1. The highest BCUT2D eigenvalue weighted by Crippen LogP contribution is 2.13. The van der Waals surface area contributed by atoms with Gasteiger partial charge in [0.1, 0.15) is 5.75 Å². The molecule has 0 radical (unpaired) electrons. The second-order valence-electron chi connectivity index (χ2n) is 6.10. The van der Waals surface area contributed by atoms with Gasteiger partial charge in [0.25, 0.3) is 0 Å². The lowest BCUT2D eigenvalue weighted by Gasteiger charge is -2.21. The first-order chi connectivity index (χ1) is 11.4. The van der Waals surface area contributed by atoms with Gasteiger partial charge in [-0.15, -0.1) is 0 Å². The van der Waals surface area contributed by atoms with Gasteiger partial charge in [0.05, 0.1) is 13.4 Å². The van der Waals surface area contributed by atoms with E-state index in [4.69, 9.17) is 4.74 Å². The predicted molar refractivity (Wildman–Crippen MR) is 93.5 cm³/mol. The van der Waals surface area contributed by atoms with Crippen LogP contribution >= 0.6 is 0 Å². The third-order valence-corrected chi connectivity index (χ3v) is 5.61. The van der Waals surface area contributed by atoms with Crippen LogP contribution in [0.4, 0.5) is 0 Å². The molecule has 134 valence electrons. The second kappa shape index (κ2) is 8.48. The summed E-state index contributed by atoms with van der Waals surface area (Å²) < 4.78 is 30.4. The summed E-state index contributed by atoms with van der Waals surface area (Å²) >= 11 is 0. The number of carbonyl (C=O) groups is 1. The Kier molecular flexibility index (Phi) is 6.62. The average Bonchev–Trinajstić information content (AvgIpc) is 3.08. The van der Waals surface area contributed by atoms with Gasteiger partial charge >= 0.3 is 0 Å². The number of methoxy groups -OCH3 is 1. The normalized spacial score (nSPS) is 15.0. The van der Waals surface area contributed by atoms with Gasteiger partial charge in [0, 0.05) is 32.6 Å². The zero-order valence-electron chi connectivity index (χ0n) is 14.4. The van der Waals surface area contributed by atoms with Crippen LogP contribution in [0.5, 0.6) is 5.75 Å².